The van der Waals surface area contributed by atoms with Gasteiger partial charge in [0, 0.05) is 13.1 Å². The van der Waals surface area contributed by atoms with Crippen LogP contribution in [0.2, 0.25) is 0 Å². The van der Waals surface area contributed by atoms with Gasteiger partial charge in [-0.3, -0.25) is 4.90 Å². The highest BCUT2D eigenvalue weighted by Crippen LogP contribution is 2.20. The van der Waals surface area contributed by atoms with E-state index in [0.717, 1.165) is 12.8 Å². The number of ether oxygens (including phenoxy) is 1. The van der Waals surface area contributed by atoms with Gasteiger partial charge in [0.05, 0.1) is 6.61 Å². The smallest absolute Gasteiger partial charge is 0.319 e. The first-order chi connectivity index (χ1) is 8.11. The van der Waals surface area contributed by atoms with Gasteiger partial charge in [-0.15, -0.1) is 0 Å². The van der Waals surface area contributed by atoms with Crippen molar-refractivity contribution in [3.8, 4) is 0 Å². The van der Waals surface area contributed by atoms with Crippen LogP contribution in [0, 0.1) is 0 Å². The Morgan fingerprint density at radius 3 is 2.76 bits per heavy atom. The molecule has 4 atom stereocenters. The predicted molar refractivity (Wildman–Crippen MR) is 57.1 cm³/mol. The number of nitrogens with one attached hydrogen (secondary N) is 1. The Morgan fingerprint density at radius 1 is 1.24 bits per heavy atom. The second-order valence-corrected chi connectivity index (χ2v) is 4.40. The Hall–Kier alpha value is -0.890. The number of carbonyl (C=O) groups is 1. The SMILES string of the molecule is O=C1NCCCCN1[C@@H]1OC[C@@H](O)[C@@H](O)[C@H]1O. The van der Waals surface area contributed by atoms with Crippen LogP contribution in [0.4, 0.5) is 4.79 Å². The van der Waals surface area contributed by atoms with E-state index < -0.39 is 24.5 Å². The summed E-state index contributed by atoms with van der Waals surface area (Å²) < 4.78 is 5.24. The van der Waals surface area contributed by atoms with E-state index in [0.29, 0.717) is 13.1 Å². The molecule has 4 N–H and O–H groups in total. The highest BCUT2D eigenvalue weighted by atomic mass is 16.5. The molecular weight excluding hydrogens is 228 g/mol. The zero-order chi connectivity index (χ0) is 12.4. The van der Waals surface area contributed by atoms with Crippen molar-refractivity contribution in [2.75, 3.05) is 19.7 Å². The maximum atomic E-state index is 11.7. The molecule has 0 aromatic carbocycles. The van der Waals surface area contributed by atoms with Crippen LogP contribution in [0.1, 0.15) is 12.8 Å². The van der Waals surface area contributed by atoms with Gasteiger partial charge >= 0.3 is 6.03 Å². The molecule has 0 bridgehead atoms. The molecule has 2 saturated heterocycles. The first-order valence-corrected chi connectivity index (χ1v) is 5.81. The van der Waals surface area contributed by atoms with Gasteiger partial charge in [0.15, 0.2) is 6.23 Å². The van der Waals surface area contributed by atoms with Gasteiger partial charge in [-0.05, 0) is 12.8 Å². The van der Waals surface area contributed by atoms with Crippen LogP contribution in [0.3, 0.4) is 0 Å². The molecule has 2 aliphatic heterocycles. The monoisotopic (exact) mass is 246 g/mol. The summed E-state index contributed by atoms with van der Waals surface area (Å²) in [7, 11) is 0. The van der Waals surface area contributed by atoms with Crippen LogP contribution in [0.15, 0.2) is 0 Å². The topological polar surface area (TPSA) is 102 Å². The van der Waals surface area contributed by atoms with Gasteiger partial charge in [-0.1, -0.05) is 0 Å². The van der Waals surface area contributed by atoms with Gasteiger partial charge in [0.25, 0.3) is 0 Å². The third-order valence-corrected chi connectivity index (χ3v) is 3.14. The van der Waals surface area contributed by atoms with Crippen LogP contribution in [0.5, 0.6) is 0 Å². The molecule has 0 aliphatic carbocycles. The Labute approximate surface area is 99.0 Å². The van der Waals surface area contributed by atoms with E-state index in [2.05, 4.69) is 5.32 Å². The molecular formula is C10H18N2O5. The van der Waals surface area contributed by atoms with E-state index in [4.69, 9.17) is 4.74 Å². The average molecular weight is 246 g/mol. The second kappa shape index (κ2) is 5.18. The summed E-state index contributed by atoms with van der Waals surface area (Å²) in [5, 5.41) is 31.4. The fourth-order valence-corrected chi connectivity index (χ4v) is 2.11. The van der Waals surface area contributed by atoms with Crippen LogP contribution in [-0.4, -0.2) is 70.5 Å². The average Bonchev–Trinajstić information content (AvgIpc) is 2.52. The van der Waals surface area contributed by atoms with E-state index in [1.54, 1.807) is 0 Å². The molecule has 0 aromatic rings. The maximum Gasteiger partial charge on any atom is 0.319 e. The quantitative estimate of drug-likeness (QED) is 0.438. The van der Waals surface area contributed by atoms with E-state index >= 15 is 0 Å². The first-order valence-electron chi connectivity index (χ1n) is 5.81. The van der Waals surface area contributed by atoms with Crippen molar-refractivity contribution in [1.82, 2.24) is 10.2 Å². The van der Waals surface area contributed by atoms with E-state index in [1.807, 2.05) is 0 Å². The lowest BCUT2D eigenvalue weighted by molar-refractivity contribution is -0.219. The molecule has 0 unspecified atom stereocenters. The molecule has 2 rings (SSSR count). The largest absolute Gasteiger partial charge is 0.388 e. The van der Waals surface area contributed by atoms with Crippen molar-refractivity contribution in [1.29, 1.82) is 0 Å². The van der Waals surface area contributed by atoms with Crippen molar-refractivity contribution in [3.05, 3.63) is 0 Å². The molecule has 0 saturated carbocycles. The number of aliphatic hydroxyl groups excluding tert-OH is 3. The minimum Gasteiger partial charge on any atom is -0.388 e. The Kier molecular flexibility index (Phi) is 3.82. The number of hydrogen-bond acceptors (Lipinski definition) is 5. The van der Waals surface area contributed by atoms with E-state index in [-0.39, 0.29) is 12.6 Å². The van der Waals surface area contributed by atoms with Gasteiger partial charge in [0.2, 0.25) is 0 Å². The number of rotatable bonds is 1. The van der Waals surface area contributed by atoms with Crippen LogP contribution in [-0.2, 0) is 4.74 Å². The van der Waals surface area contributed by atoms with Crippen molar-refractivity contribution in [2.24, 2.45) is 0 Å². The third-order valence-electron chi connectivity index (χ3n) is 3.14. The number of nitrogens with zero attached hydrogens (tertiary/aromatic N) is 1. The van der Waals surface area contributed by atoms with E-state index in [1.165, 1.54) is 4.90 Å². The molecule has 2 amide bonds. The zero-order valence-corrected chi connectivity index (χ0v) is 9.45. The zero-order valence-electron chi connectivity index (χ0n) is 9.45. The summed E-state index contributed by atoms with van der Waals surface area (Å²) in [5.74, 6) is 0. The maximum absolute atomic E-state index is 11.7. The van der Waals surface area contributed by atoms with Gasteiger partial charge < -0.3 is 25.4 Å². The van der Waals surface area contributed by atoms with Gasteiger partial charge in [-0.2, -0.15) is 0 Å². The predicted octanol–water partition coefficient (Wildman–Crippen LogP) is -1.77. The summed E-state index contributed by atoms with van der Waals surface area (Å²) in [6.45, 7) is 0.979. The highest BCUT2D eigenvalue weighted by molar-refractivity contribution is 5.74. The minimum absolute atomic E-state index is 0.0906. The number of amides is 2. The number of carbonyl (C=O) groups excluding carboxylic acids is 1. The number of aliphatic hydroxyl groups is 3. The standard InChI is InChI=1S/C10H18N2O5/c13-6-5-17-9(8(15)7(6)14)12-4-2-1-3-11-10(12)16/h6-9,13-15H,1-5H2,(H,11,16)/t6-,7-,8-,9-/m1/s1. The lowest BCUT2D eigenvalue weighted by Crippen LogP contribution is -2.61. The number of urea groups is 1. The molecule has 7 nitrogen and oxygen atoms in total. The van der Waals surface area contributed by atoms with E-state index in [9.17, 15) is 20.1 Å². The molecule has 2 fully saturated rings. The molecule has 98 valence electrons. The van der Waals surface area contributed by atoms with Crippen LogP contribution >= 0.6 is 0 Å². The summed E-state index contributed by atoms with van der Waals surface area (Å²) in [5.41, 5.74) is 0. The fraction of sp³-hybridized carbons (Fsp3) is 0.900. The lowest BCUT2D eigenvalue weighted by atomic mass is 10.0. The fourth-order valence-electron chi connectivity index (χ4n) is 2.11. The summed E-state index contributed by atoms with van der Waals surface area (Å²) >= 11 is 0. The minimum atomic E-state index is -1.29. The molecule has 7 heteroatoms. The summed E-state index contributed by atoms with van der Waals surface area (Å²) in [4.78, 5) is 13.1. The van der Waals surface area contributed by atoms with Crippen LogP contribution < -0.4 is 5.32 Å². The lowest BCUT2D eigenvalue weighted by Gasteiger charge is -2.40. The van der Waals surface area contributed by atoms with Crippen molar-refractivity contribution >= 4 is 6.03 Å². The second-order valence-electron chi connectivity index (χ2n) is 4.40. The molecule has 2 heterocycles. The molecule has 17 heavy (non-hydrogen) atoms. The molecule has 0 radical (unpaired) electrons. The first kappa shape index (κ1) is 12.6. The van der Waals surface area contributed by atoms with Crippen molar-refractivity contribution in [2.45, 2.75) is 37.4 Å². The van der Waals surface area contributed by atoms with Crippen molar-refractivity contribution in [3.63, 3.8) is 0 Å². The summed E-state index contributed by atoms with van der Waals surface area (Å²) in [6, 6.07) is -0.310. The van der Waals surface area contributed by atoms with Gasteiger partial charge in [0.1, 0.15) is 18.3 Å². The highest BCUT2D eigenvalue weighted by Gasteiger charge is 2.42. The molecule has 0 spiro atoms. The van der Waals surface area contributed by atoms with Gasteiger partial charge in [-0.25, -0.2) is 4.79 Å². The Morgan fingerprint density at radius 2 is 2.00 bits per heavy atom. The normalized spacial score (nSPS) is 39.7. The third kappa shape index (κ3) is 2.52. The molecule has 2 aliphatic rings. The Balaban J connectivity index is 2.07. The van der Waals surface area contributed by atoms with Crippen molar-refractivity contribution < 1.29 is 24.9 Å². The number of hydrogen-bond donors (Lipinski definition) is 4. The molecule has 0 aromatic heterocycles. The van der Waals surface area contributed by atoms with Crippen LogP contribution in [0.25, 0.3) is 0 Å². The summed E-state index contributed by atoms with van der Waals surface area (Å²) in [6.07, 6.45) is -2.91. The Bertz CT molecular complexity index is 288.